The van der Waals surface area contributed by atoms with Crippen molar-refractivity contribution in [1.82, 2.24) is 14.8 Å². The summed E-state index contributed by atoms with van der Waals surface area (Å²) in [6.07, 6.45) is 0.984. The molecule has 0 fully saturated rings. The number of likely N-dealkylation sites (N-methyl/N-ethyl adjacent to an activating group) is 1. The topological polar surface area (TPSA) is 87.7 Å². The van der Waals surface area contributed by atoms with Gasteiger partial charge in [0.05, 0.1) is 24.5 Å². The van der Waals surface area contributed by atoms with Gasteiger partial charge in [0.25, 0.3) is 0 Å². The fourth-order valence-electron chi connectivity index (χ4n) is 4.03. The lowest BCUT2D eigenvalue weighted by molar-refractivity contribution is -0.120. The lowest BCUT2D eigenvalue weighted by atomic mass is 10.1. The Hall–Kier alpha value is -3.39. The van der Waals surface area contributed by atoms with E-state index in [1.165, 1.54) is 0 Å². The van der Waals surface area contributed by atoms with E-state index in [1.807, 2.05) is 54.4 Å². The normalized spacial score (nSPS) is 12.3. The Kier molecular flexibility index (Phi) is 7.70. The van der Waals surface area contributed by atoms with Crippen molar-refractivity contribution in [3.8, 4) is 0 Å². The van der Waals surface area contributed by atoms with Crippen LogP contribution in [0.15, 0.2) is 76.1 Å². The summed E-state index contributed by atoms with van der Waals surface area (Å²) in [5.41, 5.74) is 2.39. The van der Waals surface area contributed by atoms with E-state index in [4.69, 9.17) is 16.0 Å². The van der Waals surface area contributed by atoms with E-state index >= 15 is 0 Å². The number of halogens is 1. The maximum atomic E-state index is 13.1. The molecule has 0 aliphatic carbocycles. The maximum Gasteiger partial charge on any atom is 0.224 e. The number of aliphatic hydroxyl groups is 1. The quantitative estimate of drug-likeness (QED) is 0.370. The predicted octanol–water partition coefficient (Wildman–Crippen LogP) is 3.81. The second-order valence-electron chi connectivity index (χ2n) is 8.73. The number of hydrogen-bond donors (Lipinski definition) is 2. The average Bonchev–Trinajstić information content (AvgIpc) is 3.27. The van der Waals surface area contributed by atoms with Crippen LogP contribution in [0.25, 0.3) is 11.1 Å². The molecular weight excluding hydrogens is 466 g/mol. The average molecular weight is 494 g/mol. The van der Waals surface area contributed by atoms with Crippen LogP contribution in [0.2, 0.25) is 5.02 Å². The van der Waals surface area contributed by atoms with E-state index < -0.39 is 6.10 Å². The molecule has 4 aromatic rings. The molecule has 35 heavy (non-hydrogen) atoms. The number of rotatable bonds is 9. The van der Waals surface area contributed by atoms with Crippen LogP contribution in [-0.4, -0.2) is 34.1 Å². The molecule has 0 aliphatic heterocycles. The number of fused-ring (bicyclic) bond motifs is 1. The Morgan fingerprint density at radius 3 is 2.60 bits per heavy atom. The van der Waals surface area contributed by atoms with Gasteiger partial charge < -0.3 is 19.4 Å². The number of hydrogen-bond acceptors (Lipinski definition) is 5. The highest BCUT2D eigenvalue weighted by molar-refractivity contribution is 6.30. The molecule has 0 radical (unpaired) electrons. The molecule has 7 nitrogen and oxygen atoms in total. The van der Waals surface area contributed by atoms with Crippen LogP contribution in [-0.2, 0) is 31.4 Å². The second-order valence-corrected chi connectivity index (χ2v) is 9.17. The minimum atomic E-state index is -0.630. The number of benzene rings is 2. The Bertz CT molecular complexity index is 1360. The van der Waals surface area contributed by atoms with Gasteiger partial charge in [-0.15, -0.1) is 0 Å². The molecule has 0 bridgehead atoms. The number of nitrogens with one attached hydrogen (secondary N) is 1. The van der Waals surface area contributed by atoms with Gasteiger partial charge in [-0.2, -0.15) is 0 Å². The van der Waals surface area contributed by atoms with E-state index in [0.29, 0.717) is 47.1 Å². The van der Waals surface area contributed by atoms with Crippen molar-refractivity contribution in [3.63, 3.8) is 0 Å². The lowest BCUT2D eigenvalue weighted by Crippen LogP contribution is -2.27. The van der Waals surface area contributed by atoms with Gasteiger partial charge in [0.1, 0.15) is 5.76 Å². The van der Waals surface area contributed by atoms with Crippen LogP contribution in [0.3, 0.4) is 0 Å². The number of pyridine rings is 1. The van der Waals surface area contributed by atoms with Crippen LogP contribution in [0, 0.1) is 0 Å². The summed E-state index contributed by atoms with van der Waals surface area (Å²) in [7, 11) is 3.67. The van der Waals surface area contributed by atoms with Crippen LogP contribution in [0.1, 0.15) is 28.6 Å². The molecule has 1 atom stereocenters. The molecule has 2 heterocycles. The summed E-state index contributed by atoms with van der Waals surface area (Å²) in [6.45, 7) is 1.20. The third kappa shape index (κ3) is 6.19. The van der Waals surface area contributed by atoms with Crippen molar-refractivity contribution in [2.75, 3.05) is 13.6 Å². The third-order valence-corrected chi connectivity index (χ3v) is 6.07. The monoisotopic (exact) mass is 493 g/mol. The number of carbonyl (C=O) groups excluding carboxylic acids is 1. The number of nitrogens with zero attached hydrogens (tertiary/aromatic N) is 2. The van der Waals surface area contributed by atoms with Gasteiger partial charge in [-0.25, -0.2) is 0 Å². The van der Waals surface area contributed by atoms with Gasteiger partial charge >= 0.3 is 0 Å². The van der Waals surface area contributed by atoms with E-state index in [-0.39, 0.29) is 17.8 Å². The summed E-state index contributed by atoms with van der Waals surface area (Å²) in [5, 5.41) is 14.4. The van der Waals surface area contributed by atoms with Crippen LogP contribution >= 0.6 is 11.6 Å². The van der Waals surface area contributed by atoms with E-state index in [2.05, 4.69) is 5.32 Å². The first-order valence-electron chi connectivity index (χ1n) is 11.3. The zero-order valence-electron chi connectivity index (χ0n) is 19.7. The first-order chi connectivity index (χ1) is 16.8. The smallest absolute Gasteiger partial charge is 0.224 e. The SMILES string of the molecule is CN(Cc1cc2c(=O)c(CC(=O)NCc3ccc(Cl)cc3)cn(C)c2o1)C[C@@H](O)c1ccccc1. The van der Waals surface area contributed by atoms with Crippen molar-refractivity contribution in [2.24, 2.45) is 7.05 Å². The molecule has 0 saturated heterocycles. The van der Waals surface area contributed by atoms with E-state index in [9.17, 15) is 14.7 Å². The first-order valence-corrected chi connectivity index (χ1v) is 11.7. The van der Waals surface area contributed by atoms with E-state index in [1.54, 1.807) is 36.0 Å². The Morgan fingerprint density at radius 2 is 1.89 bits per heavy atom. The highest BCUT2D eigenvalue weighted by Crippen LogP contribution is 2.20. The van der Waals surface area contributed by atoms with Gasteiger partial charge in [0, 0.05) is 36.9 Å². The number of carbonyl (C=O) groups is 1. The summed E-state index contributed by atoms with van der Waals surface area (Å²) in [6, 6.07) is 18.4. The molecule has 2 aromatic heterocycles. The number of aromatic nitrogens is 1. The van der Waals surface area contributed by atoms with Crippen molar-refractivity contribution in [1.29, 1.82) is 0 Å². The fourth-order valence-corrected chi connectivity index (χ4v) is 4.15. The first kappa shape index (κ1) is 24.7. The Morgan fingerprint density at radius 1 is 1.17 bits per heavy atom. The summed E-state index contributed by atoms with van der Waals surface area (Å²) >= 11 is 5.89. The fraction of sp³-hybridized carbons (Fsp3) is 0.259. The standard InChI is InChI=1S/C27H28ClN3O4/c1-30(17-24(32)19-6-4-3-5-7-19)16-22-13-23-26(34)20(15-31(2)27(23)35-22)12-25(33)29-14-18-8-10-21(28)11-9-18/h3-11,13,15,24,32H,12,14,16-17H2,1-2H3,(H,29,33)/t24-/m1/s1. The zero-order valence-corrected chi connectivity index (χ0v) is 20.5. The largest absolute Gasteiger partial charge is 0.443 e. The Balaban J connectivity index is 1.43. The minimum absolute atomic E-state index is 0.0279. The van der Waals surface area contributed by atoms with Crippen LogP contribution < -0.4 is 10.7 Å². The molecule has 0 unspecified atom stereocenters. The number of aryl methyl sites for hydroxylation is 1. The third-order valence-electron chi connectivity index (χ3n) is 5.82. The molecule has 8 heteroatoms. The van der Waals surface area contributed by atoms with Gasteiger partial charge in [0.2, 0.25) is 11.6 Å². The molecule has 0 saturated carbocycles. The highest BCUT2D eigenvalue weighted by Gasteiger charge is 2.17. The molecule has 0 aliphatic rings. The van der Waals surface area contributed by atoms with E-state index in [0.717, 1.165) is 11.1 Å². The predicted molar refractivity (Wildman–Crippen MR) is 136 cm³/mol. The summed E-state index contributed by atoms with van der Waals surface area (Å²) in [4.78, 5) is 27.5. The zero-order chi connectivity index (χ0) is 24.9. The van der Waals surface area contributed by atoms with Crippen molar-refractivity contribution < 1.29 is 14.3 Å². The van der Waals surface area contributed by atoms with Crippen molar-refractivity contribution >= 4 is 28.6 Å². The summed E-state index contributed by atoms with van der Waals surface area (Å²) in [5.74, 6) is 0.370. The molecule has 4 rings (SSSR count). The molecular formula is C27H28ClN3O4. The van der Waals surface area contributed by atoms with Crippen LogP contribution in [0.4, 0.5) is 0 Å². The lowest BCUT2D eigenvalue weighted by Gasteiger charge is -2.19. The number of furan rings is 1. The number of aliphatic hydroxyl groups excluding tert-OH is 1. The van der Waals surface area contributed by atoms with Gasteiger partial charge in [-0.1, -0.05) is 54.1 Å². The van der Waals surface area contributed by atoms with Gasteiger partial charge in [0.15, 0.2) is 5.43 Å². The van der Waals surface area contributed by atoms with Crippen molar-refractivity contribution in [2.45, 2.75) is 25.6 Å². The molecule has 0 spiro atoms. The molecule has 2 aromatic carbocycles. The Labute approximate surface area is 208 Å². The summed E-state index contributed by atoms with van der Waals surface area (Å²) < 4.78 is 7.66. The molecule has 1 amide bonds. The maximum absolute atomic E-state index is 13.1. The van der Waals surface area contributed by atoms with Crippen molar-refractivity contribution in [3.05, 3.63) is 105 Å². The van der Waals surface area contributed by atoms with Gasteiger partial charge in [-0.3, -0.25) is 14.5 Å². The van der Waals surface area contributed by atoms with Gasteiger partial charge in [-0.05, 0) is 36.4 Å². The second kappa shape index (κ2) is 10.9. The minimum Gasteiger partial charge on any atom is -0.443 e. The molecule has 182 valence electrons. The number of amides is 1. The highest BCUT2D eigenvalue weighted by atomic mass is 35.5. The molecule has 2 N–H and O–H groups in total. The van der Waals surface area contributed by atoms with Crippen LogP contribution in [0.5, 0.6) is 0 Å².